The molecule has 0 aromatic heterocycles. The third kappa shape index (κ3) is 5.18. The molecule has 2 atom stereocenters. The number of nitro benzene ring substituents is 1. The van der Waals surface area contributed by atoms with Gasteiger partial charge in [-0.1, -0.05) is 19.8 Å². The summed E-state index contributed by atoms with van der Waals surface area (Å²) in [6, 6.07) is 2.47. The average molecular weight is 376 g/mol. The van der Waals surface area contributed by atoms with Gasteiger partial charge in [0.25, 0.3) is 5.69 Å². The molecule has 0 radical (unpaired) electrons. The van der Waals surface area contributed by atoms with Crippen LogP contribution < -0.4 is 16.2 Å². The van der Waals surface area contributed by atoms with Crippen molar-refractivity contribution in [3.63, 3.8) is 0 Å². The number of nitro groups is 1. The van der Waals surface area contributed by atoms with E-state index < -0.39 is 22.4 Å². The van der Waals surface area contributed by atoms with E-state index in [2.05, 4.69) is 23.1 Å². The maximum absolute atomic E-state index is 12.7. The van der Waals surface area contributed by atoms with Crippen LogP contribution in [0.5, 0.6) is 0 Å². The first-order valence-corrected chi connectivity index (χ1v) is 8.27. The van der Waals surface area contributed by atoms with Gasteiger partial charge in [0.1, 0.15) is 5.69 Å². The Morgan fingerprint density at radius 2 is 2.00 bits per heavy atom. The molecule has 10 heteroatoms. The molecule has 0 amide bonds. The third-order valence-electron chi connectivity index (χ3n) is 4.26. The number of thiocarbonyl (C=S) groups is 1. The maximum Gasteiger partial charge on any atom is 0.416 e. The predicted octanol–water partition coefficient (Wildman–Crippen LogP) is 3.98. The molecule has 6 nitrogen and oxygen atoms in total. The Bertz CT molecular complexity index is 654. The molecule has 0 aliphatic heterocycles. The second-order valence-corrected chi connectivity index (χ2v) is 6.49. The lowest BCUT2D eigenvalue weighted by atomic mass is 9.86. The molecule has 0 unspecified atom stereocenters. The Morgan fingerprint density at radius 3 is 2.60 bits per heavy atom. The van der Waals surface area contributed by atoms with Gasteiger partial charge < -0.3 is 5.32 Å². The molecule has 0 bridgehead atoms. The maximum atomic E-state index is 12.7. The van der Waals surface area contributed by atoms with E-state index in [1.807, 2.05) is 0 Å². The molecule has 1 saturated carbocycles. The summed E-state index contributed by atoms with van der Waals surface area (Å²) in [6.45, 7) is 2.12. The number of hydrogen-bond acceptors (Lipinski definition) is 4. The van der Waals surface area contributed by atoms with Crippen molar-refractivity contribution in [3.05, 3.63) is 33.9 Å². The standard InChI is InChI=1S/C15H19F3N4O2S/c1-9-4-2-3-5-11(9)19-14(25)21-20-12-7-6-10(15(16,17)18)8-13(12)22(23)24/h6-9,11,20H,2-5H2,1H3,(H2,19,21,25)/t9-,11-/m0/s1. The largest absolute Gasteiger partial charge is 0.416 e. The highest BCUT2D eigenvalue weighted by Crippen LogP contribution is 2.34. The molecule has 1 aromatic rings. The van der Waals surface area contributed by atoms with Crippen molar-refractivity contribution in [2.24, 2.45) is 5.92 Å². The minimum atomic E-state index is -4.65. The van der Waals surface area contributed by atoms with E-state index >= 15 is 0 Å². The minimum Gasteiger partial charge on any atom is -0.358 e. The van der Waals surface area contributed by atoms with E-state index in [1.54, 1.807) is 0 Å². The van der Waals surface area contributed by atoms with Gasteiger partial charge in [-0.2, -0.15) is 13.2 Å². The SMILES string of the molecule is C[C@H]1CCCC[C@@H]1NC(=S)NNc1ccc(C(F)(F)F)cc1[N+](=O)[O-]. The number of rotatable bonds is 4. The Labute approximate surface area is 148 Å². The van der Waals surface area contributed by atoms with Gasteiger partial charge in [0.2, 0.25) is 0 Å². The van der Waals surface area contributed by atoms with Crippen LogP contribution in [-0.2, 0) is 6.18 Å². The molecule has 0 spiro atoms. The summed E-state index contributed by atoms with van der Waals surface area (Å²) in [5, 5.41) is 14.4. The molecule has 2 rings (SSSR count). The second kappa shape index (κ2) is 7.85. The fourth-order valence-corrected chi connectivity index (χ4v) is 3.03. The Morgan fingerprint density at radius 1 is 1.32 bits per heavy atom. The van der Waals surface area contributed by atoms with Crippen molar-refractivity contribution in [3.8, 4) is 0 Å². The van der Waals surface area contributed by atoms with Crippen molar-refractivity contribution in [1.82, 2.24) is 10.7 Å². The van der Waals surface area contributed by atoms with Crippen molar-refractivity contribution < 1.29 is 18.1 Å². The van der Waals surface area contributed by atoms with Gasteiger partial charge in [-0.15, -0.1) is 0 Å². The lowest BCUT2D eigenvalue weighted by Gasteiger charge is -2.30. The smallest absolute Gasteiger partial charge is 0.358 e. The molecule has 3 N–H and O–H groups in total. The lowest BCUT2D eigenvalue weighted by Crippen LogP contribution is -2.47. The molecule has 1 aliphatic carbocycles. The summed E-state index contributed by atoms with van der Waals surface area (Å²) < 4.78 is 38.1. The summed E-state index contributed by atoms with van der Waals surface area (Å²) in [7, 11) is 0. The summed E-state index contributed by atoms with van der Waals surface area (Å²) in [4.78, 5) is 10.2. The zero-order chi connectivity index (χ0) is 18.6. The molecular formula is C15H19F3N4O2S. The van der Waals surface area contributed by atoms with Crippen LogP contribution in [0.1, 0.15) is 38.2 Å². The number of alkyl halides is 3. The van der Waals surface area contributed by atoms with E-state index in [0.29, 0.717) is 12.0 Å². The van der Waals surface area contributed by atoms with E-state index in [-0.39, 0.29) is 16.8 Å². The van der Waals surface area contributed by atoms with Crippen molar-refractivity contribution in [2.45, 2.75) is 44.8 Å². The first kappa shape index (κ1) is 19.2. The highest BCUT2D eigenvalue weighted by atomic mass is 32.1. The fourth-order valence-electron chi connectivity index (χ4n) is 2.82. The molecule has 0 heterocycles. The van der Waals surface area contributed by atoms with Crippen LogP contribution in [-0.4, -0.2) is 16.1 Å². The zero-order valence-corrected chi connectivity index (χ0v) is 14.3. The van der Waals surface area contributed by atoms with Gasteiger partial charge in [-0.25, -0.2) is 0 Å². The third-order valence-corrected chi connectivity index (χ3v) is 4.48. The summed E-state index contributed by atoms with van der Waals surface area (Å²) >= 11 is 5.15. The molecule has 138 valence electrons. The van der Waals surface area contributed by atoms with Crippen LogP contribution in [0.15, 0.2) is 18.2 Å². The fraction of sp³-hybridized carbons (Fsp3) is 0.533. The number of hydrazine groups is 1. The van der Waals surface area contributed by atoms with Gasteiger partial charge in [0, 0.05) is 12.1 Å². The first-order valence-electron chi connectivity index (χ1n) is 7.86. The van der Waals surface area contributed by atoms with Crippen LogP contribution in [0.4, 0.5) is 24.5 Å². The molecule has 1 aliphatic rings. The second-order valence-electron chi connectivity index (χ2n) is 6.08. The van der Waals surface area contributed by atoms with E-state index in [9.17, 15) is 23.3 Å². The van der Waals surface area contributed by atoms with Crippen molar-refractivity contribution in [2.75, 3.05) is 5.43 Å². The van der Waals surface area contributed by atoms with Crippen LogP contribution in [0.25, 0.3) is 0 Å². The Kier molecular flexibility index (Phi) is 6.04. The monoisotopic (exact) mass is 376 g/mol. The zero-order valence-electron chi connectivity index (χ0n) is 13.5. The van der Waals surface area contributed by atoms with Crippen molar-refractivity contribution >= 4 is 28.7 Å². The topological polar surface area (TPSA) is 79.2 Å². The van der Waals surface area contributed by atoms with Gasteiger partial charge >= 0.3 is 6.18 Å². The summed E-state index contributed by atoms with van der Waals surface area (Å²) in [6.07, 6.45) is -0.301. The average Bonchev–Trinajstić information content (AvgIpc) is 2.54. The highest BCUT2D eigenvalue weighted by Gasteiger charge is 2.33. The van der Waals surface area contributed by atoms with Gasteiger partial charge in [-0.05, 0) is 43.1 Å². The highest BCUT2D eigenvalue weighted by molar-refractivity contribution is 7.80. The number of halogens is 3. The Balaban J connectivity index is 2.02. The van der Waals surface area contributed by atoms with Crippen LogP contribution >= 0.6 is 12.2 Å². The molecule has 1 fully saturated rings. The number of anilines is 1. The molecule has 25 heavy (non-hydrogen) atoms. The van der Waals surface area contributed by atoms with Crippen LogP contribution in [0.2, 0.25) is 0 Å². The van der Waals surface area contributed by atoms with Crippen LogP contribution in [0, 0.1) is 16.0 Å². The first-order chi connectivity index (χ1) is 11.7. The summed E-state index contributed by atoms with van der Waals surface area (Å²) in [5.74, 6) is 0.453. The quantitative estimate of drug-likeness (QED) is 0.419. The van der Waals surface area contributed by atoms with E-state index in [1.165, 1.54) is 6.42 Å². The molecule has 1 aromatic carbocycles. The normalized spacial score (nSPS) is 20.6. The number of nitrogens with one attached hydrogen (secondary N) is 3. The van der Waals surface area contributed by atoms with Crippen molar-refractivity contribution in [1.29, 1.82) is 0 Å². The lowest BCUT2D eigenvalue weighted by molar-refractivity contribution is -0.384. The van der Waals surface area contributed by atoms with E-state index in [4.69, 9.17) is 12.2 Å². The Hall–Kier alpha value is -2.10. The summed E-state index contributed by atoms with van der Waals surface area (Å²) in [5.41, 5.74) is 3.26. The number of hydrogen-bond donors (Lipinski definition) is 3. The minimum absolute atomic E-state index is 0.0983. The van der Waals surface area contributed by atoms with Gasteiger partial charge in [-0.3, -0.25) is 21.0 Å². The predicted molar refractivity (Wildman–Crippen MR) is 92.0 cm³/mol. The molecular weight excluding hydrogens is 357 g/mol. The van der Waals surface area contributed by atoms with E-state index in [0.717, 1.165) is 31.4 Å². The number of benzene rings is 1. The van der Waals surface area contributed by atoms with Gasteiger partial charge in [0.05, 0.1) is 10.5 Å². The van der Waals surface area contributed by atoms with Gasteiger partial charge in [0.15, 0.2) is 5.11 Å². The number of nitrogens with zero attached hydrogens (tertiary/aromatic N) is 1. The molecule has 0 saturated heterocycles. The van der Waals surface area contributed by atoms with Crippen LogP contribution in [0.3, 0.4) is 0 Å².